The molecule has 1 aromatic rings. The van der Waals surface area contributed by atoms with Gasteiger partial charge in [-0.15, -0.1) is 0 Å². The van der Waals surface area contributed by atoms with Gasteiger partial charge in [0.15, 0.2) is 0 Å². The number of hydrogen-bond donors (Lipinski definition) is 2. The Balaban J connectivity index is 2.01. The molecule has 0 bridgehead atoms. The highest BCUT2D eigenvalue weighted by Crippen LogP contribution is 2.31. The average molecular weight is 241 g/mol. The molecule has 0 saturated heterocycles. The van der Waals surface area contributed by atoms with Crippen LogP contribution in [0.25, 0.3) is 0 Å². The molecule has 4 heteroatoms. The molecule has 3 rings (SSSR count). The van der Waals surface area contributed by atoms with Gasteiger partial charge in [-0.05, 0) is 25.0 Å². The van der Waals surface area contributed by atoms with Crippen LogP contribution in [0.1, 0.15) is 18.4 Å². The second-order valence-corrected chi connectivity index (χ2v) is 4.75. The number of nitrogen functional groups attached to an aromatic ring is 1. The Kier molecular flexibility index (Phi) is 2.63. The van der Waals surface area contributed by atoms with Crippen molar-refractivity contribution < 1.29 is 4.79 Å². The Morgan fingerprint density at radius 1 is 1.22 bits per heavy atom. The molecule has 1 amide bonds. The summed E-state index contributed by atoms with van der Waals surface area (Å²) in [6.07, 6.45) is 5.86. The summed E-state index contributed by atoms with van der Waals surface area (Å²) in [5.74, 6) is 0.200. The molecule has 0 aromatic heterocycles. The van der Waals surface area contributed by atoms with Crippen LogP contribution in [-0.2, 0) is 4.79 Å². The van der Waals surface area contributed by atoms with E-state index in [0.29, 0.717) is 0 Å². The van der Waals surface area contributed by atoms with Crippen LogP contribution in [0.15, 0.2) is 41.5 Å². The highest BCUT2D eigenvalue weighted by Gasteiger charge is 2.36. The van der Waals surface area contributed by atoms with Crippen molar-refractivity contribution in [1.82, 2.24) is 5.43 Å². The van der Waals surface area contributed by atoms with Crippen molar-refractivity contribution >= 4 is 17.3 Å². The van der Waals surface area contributed by atoms with E-state index < -0.39 is 0 Å². The number of amides is 1. The van der Waals surface area contributed by atoms with E-state index in [1.54, 1.807) is 0 Å². The molecule has 3 N–H and O–H groups in total. The van der Waals surface area contributed by atoms with Gasteiger partial charge in [-0.3, -0.25) is 4.79 Å². The van der Waals surface area contributed by atoms with Gasteiger partial charge in [-0.25, -0.2) is 5.43 Å². The smallest absolute Gasteiger partial charge is 0.244 e. The first-order valence-electron chi connectivity index (χ1n) is 6.14. The van der Waals surface area contributed by atoms with E-state index in [9.17, 15) is 4.79 Å². The van der Waals surface area contributed by atoms with Crippen molar-refractivity contribution in [2.75, 3.05) is 5.73 Å². The molecule has 2 aliphatic rings. The Hall–Kier alpha value is -2.10. The maximum atomic E-state index is 11.8. The maximum absolute atomic E-state index is 11.8. The van der Waals surface area contributed by atoms with Gasteiger partial charge >= 0.3 is 0 Å². The summed E-state index contributed by atoms with van der Waals surface area (Å²) in [7, 11) is 0. The topological polar surface area (TPSA) is 67.5 Å². The lowest BCUT2D eigenvalue weighted by Gasteiger charge is -2.31. The monoisotopic (exact) mass is 241 g/mol. The van der Waals surface area contributed by atoms with Crippen molar-refractivity contribution in [1.29, 1.82) is 0 Å². The first kappa shape index (κ1) is 11.0. The molecular formula is C14H15N3O. The molecule has 18 heavy (non-hydrogen) atoms. The fourth-order valence-electron chi connectivity index (χ4n) is 2.66. The third-order valence-electron chi connectivity index (χ3n) is 3.59. The van der Waals surface area contributed by atoms with Gasteiger partial charge in [0.05, 0.1) is 11.6 Å². The molecule has 92 valence electrons. The molecule has 1 aromatic carbocycles. The van der Waals surface area contributed by atoms with E-state index in [0.717, 1.165) is 29.8 Å². The highest BCUT2D eigenvalue weighted by molar-refractivity contribution is 6.07. The molecule has 4 nitrogen and oxygen atoms in total. The lowest BCUT2D eigenvalue weighted by atomic mass is 9.77. The molecular weight excluding hydrogens is 226 g/mol. The Bertz CT molecular complexity index is 548. The van der Waals surface area contributed by atoms with Gasteiger partial charge in [0.2, 0.25) is 5.91 Å². The first-order chi connectivity index (χ1) is 8.75. The molecule has 0 spiro atoms. The Morgan fingerprint density at radius 3 is 2.78 bits per heavy atom. The van der Waals surface area contributed by atoms with Crippen molar-refractivity contribution in [2.24, 2.45) is 16.9 Å². The van der Waals surface area contributed by atoms with Crippen LogP contribution in [-0.4, -0.2) is 11.6 Å². The first-order valence-corrected chi connectivity index (χ1v) is 6.14. The molecule has 0 fully saturated rings. The number of carbonyl (C=O) groups excluding carboxylic acids is 1. The van der Waals surface area contributed by atoms with E-state index >= 15 is 0 Å². The van der Waals surface area contributed by atoms with Crippen LogP contribution < -0.4 is 11.2 Å². The van der Waals surface area contributed by atoms with Crippen LogP contribution in [0.3, 0.4) is 0 Å². The molecule has 1 aliphatic heterocycles. The molecule has 1 aliphatic carbocycles. The van der Waals surface area contributed by atoms with Gasteiger partial charge in [0.1, 0.15) is 0 Å². The van der Waals surface area contributed by atoms with Crippen molar-refractivity contribution in [3.8, 4) is 0 Å². The number of hydrazone groups is 1. The zero-order valence-corrected chi connectivity index (χ0v) is 9.97. The van der Waals surface area contributed by atoms with E-state index in [1.165, 1.54) is 0 Å². The fraction of sp³-hybridized carbons (Fsp3) is 0.286. The number of hydrogen-bond acceptors (Lipinski definition) is 3. The third-order valence-corrected chi connectivity index (χ3v) is 3.59. The molecule has 0 radical (unpaired) electrons. The van der Waals surface area contributed by atoms with Crippen LogP contribution in [0.5, 0.6) is 0 Å². The average Bonchev–Trinajstić information content (AvgIpc) is 2.39. The Labute approximate surface area is 106 Å². The van der Waals surface area contributed by atoms with Crippen molar-refractivity contribution in [3.63, 3.8) is 0 Å². The van der Waals surface area contributed by atoms with Gasteiger partial charge in [0.25, 0.3) is 0 Å². The minimum atomic E-state index is 0.00364. The lowest BCUT2D eigenvalue weighted by Crippen LogP contribution is -2.42. The second kappa shape index (κ2) is 4.29. The zero-order valence-electron chi connectivity index (χ0n) is 9.97. The lowest BCUT2D eigenvalue weighted by molar-refractivity contribution is -0.126. The quantitative estimate of drug-likeness (QED) is 0.580. The van der Waals surface area contributed by atoms with Crippen molar-refractivity contribution in [2.45, 2.75) is 12.8 Å². The number of anilines is 1. The predicted octanol–water partition coefficient (Wildman–Crippen LogP) is 1.69. The number of fused-ring (bicyclic) bond motifs is 1. The second-order valence-electron chi connectivity index (χ2n) is 4.75. The van der Waals surface area contributed by atoms with Crippen molar-refractivity contribution in [3.05, 3.63) is 42.0 Å². The third kappa shape index (κ3) is 1.79. The summed E-state index contributed by atoms with van der Waals surface area (Å²) in [6, 6.07) is 7.66. The number of carbonyl (C=O) groups is 1. The molecule has 1 heterocycles. The van der Waals surface area contributed by atoms with Gasteiger partial charge in [-0.1, -0.05) is 24.3 Å². The van der Waals surface area contributed by atoms with Crippen LogP contribution >= 0.6 is 0 Å². The number of benzene rings is 1. The molecule has 0 saturated carbocycles. The van der Waals surface area contributed by atoms with Crippen LogP contribution in [0.4, 0.5) is 5.69 Å². The van der Waals surface area contributed by atoms with Gasteiger partial charge in [-0.2, -0.15) is 5.10 Å². The van der Waals surface area contributed by atoms with Crippen LogP contribution in [0.2, 0.25) is 0 Å². The summed E-state index contributed by atoms with van der Waals surface area (Å²) in [6.45, 7) is 0. The SMILES string of the molecule is Nc1cccc(C2=NNC(=O)C3CC=CCC23)c1. The van der Waals surface area contributed by atoms with E-state index in [4.69, 9.17) is 5.73 Å². The molecule has 2 atom stereocenters. The fourth-order valence-corrected chi connectivity index (χ4v) is 2.66. The summed E-state index contributed by atoms with van der Waals surface area (Å²) in [4.78, 5) is 11.8. The standard InChI is InChI=1S/C14H15N3O/c15-10-5-3-4-9(8-10)13-11-6-1-2-7-12(11)14(18)17-16-13/h1-5,8,11-12H,6-7,15H2,(H,17,18). The van der Waals surface area contributed by atoms with Gasteiger partial charge in [0, 0.05) is 17.2 Å². The van der Waals surface area contributed by atoms with Gasteiger partial charge < -0.3 is 5.73 Å². The van der Waals surface area contributed by atoms with Crippen LogP contribution in [0, 0.1) is 11.8 Å². The maximum Gasteiger partial charge on any atom is 0.244 e. The van der Waals surface area contributed by atoms with E-state index in [-0.39, 0.29) is 17.7 Å². The molecule has 2 unspecified atom stereocenters. The largest absolute Gasteiger partial charge is 0.399 e. The number of allylic oxidation sites excluding steroid dienone is 2. The normalized spacial score (nSPS) is 26.2. The summed E-state index contributed by atoms with van der Waals surface area (Å²) >= 11 is 0. The number of rotatable bonds is 1. The van der Waals surface area contributed by atoms with E-state index in [1.807, 2.05) is 24.3 Å². The van der Waals surface area contributed by atoms with E-state index in [2.05, 4.69) is 22.7 Å². The Morgan fingerprint density at radius 2 is 2.00 bits per heavy atom. The summed E-state index contributed by atoms with van der Waals surface area (Å²) in [5, 5.41) is 4.23. The zero-order chi connectivity index (χ0) is 12.5. The minimum Gasteiger partial charge on any atom is -0.399 e. The number of nitrogens with one attached hydrogen (secondary N) is 1. The summed E-state index contributed by atoms with van der Waals surface area (Å²) < 4.78 is 0. The predicted molar refractivity (Wildman–Crippen MR) is 70.9 cm³/mol. The number of nitrogens with two attached hydrogens (primary N) is 1. The highest BCUT2D eigenvalue weighted by atomic mass is 16.2. The summed E-state index contributed by atoms with van der Waals surface area (Å²) in [5.41, 5.74) is 11.1. The number of nitrogens with zero attached hydrogens (tertiary/aromatic N) is 1. The minimum absolute atomic E-state index is 0.00364.